The lowest BCUT2D eigenvalue weighted by atomic mass is 9.93. The van der Waals surface area contributed by atoms with Gasteiger partial charge in [-0.1, -0.05) is 13.8 Å². The maximum atomic E-state index is 4.38. The van der Waals surface area contributed by atoms with Gasteiger partial charge in [-0.3, -0.25) is 9.58 Å². The molecule has 19 heavy (non-hydrogen) atoms. The van der Waals surface area contributed by atoms with E-state index in [2.05, 4.69) is 56.1 Å². The number of nitrogens with zero attached hydrogens (tertiary/aromatic N) is 3. The topological polar surface area (TPSA) is 33.1 Å². The molecule has 1 aromatic rings. The molecule has 1 N–H and O–H groups in total. The molecule has 1 atom stereocenters. The molecule has 1 saturated heterocycles. The molecule has 4 nitrogen and oxygen atoms in total. The first kappa shape index (κ1) is 14.5. The third-order valence-corrected chi connectivity index (χ3v) is 4.02. The molecule has 1 fully saturated rings. The van der Waals surface area contributed by atoms with Gasteiger partial charge in [-0.25, -0.2) is 0 Å². The van der Waals surface area contributed by atoms with Gasteiger partial charge in [-0.05, 0) is 26.7 Å². The van der Waals surface area contributed by atoms with Crippen LogP contribution in [0.5, 0.6) is 0 Å². The number of hydrogen-bond donors (Lipinski definition) is 1. The van der Waals surface area contributed by atoms with Gasteiger partial charge in [0.1, 0.15) is 0 Å². The standard InChI is InChI=1S/C15H28N4/c1-6-19-10-13(7-17-19)9-18-11-15(4,5)16-8-14(18)12(2)3/h7,10,12,14,16H,6,8-9,11H2,1-5H3. The largest absolute Gasteiger partial charge is 0.309 e. The van der Waals surface area contributed by atoms with Gasteiger partial charge in [0.2, 0.25) is 0 Å². The van der Waals surface area contributed by atoms with E-state index in [1.54, 1.807) is 0 Å². The lowest BCUT2D eigenvalue weighted by Crippen LogP contribution is -2.62. The highest BCUT2D eigenvalue weighted by molar-refractivity contribution is 5.06. The second-order valence-corrected chi connectivity index (χ2v) is 6.69. The van der Waals surface area contributed by atoms with Crippen molar-refractivity contribution in [1.29, 1.82) is 0 Å². The molecule has 0 bridgehead atoms. The average Bonchev–Trinajstić information content (AvgIpc) is 2.75. The highest BCUT2D eigenvalue weighted by Gasteiger charge is 2.33. The zero-order chi connectivity index (χ0) is 14.0. The van der Waals surface area contributed by atoms with Crippen LogP contribution in [0.25, 0.3) is 0 Å². The van der Waals surface area contributed by atoms with Crippen molar-refractivity contribution < 1.29 is 0 Å². The van der Waals surface area contributed by atoms with Gasteiger partial charge in [0.05, 0.1) is 6.20 Å². The first-order valence-corrected chi connectivity index (χ1v) is 7.41. The van der Waals surface area contributed by atoms with E-state index >= 15 is 0 Å². The first-order chi connectivity index (χ1) is 8.91. The van der Waals surface area contributed by atoms with Gasteiger partial charge >= 0.3 is 0 Å². The van der Waals surface area contributed by atoms with Gasteiger partial charge < -0.3 is 5.32 Å². The van der Waals surface area contributed by atoms with Crippen molar-refractivity contribution in [3.63, 3.8) is 0 Å². The maximum absolute atomic E-state index is 4.38. The quantitative estimate of drug-likeness (QED) is 0.904. The Balaban J connectivity index is 2.09. The first-order valence-electron chi connectivity index (χ1n) is 7.41. The van der Waals surface area contributed by atoms with Crippen molar-refractivity contribution >= 4 is 0 Å². The highest BCUT2D eigenvalue weighted by atomic mass is 15.3. The van der Waals surface area contributed by atoms with E-state index in [9.17, 15) is 0 Å². The summed E-state index contributed by atoms with van der Waals surface area (Å²) in [5.41, 5.74) is 1.52. The molecule has 0 spiro atoms. The molecule has 4 heteroatoms. The number of aryl methyl sites for hydroxylation is 1. The van der Waals surface area contributed by atoms with E-state index in [4.69, 9.17) is 0 Å². The lowest BCUT2D eigenvalue weighted by molar-refractivity contribution is 0.0627. The SMILES string of the molecule is CCn1cc(CN2CC(C)(C)NCC2C(C)C)cn1. The van der Waals surface area contributed by atoms with Crippen LogP contribution in [0.2, 0.25) is 0 Å². The molecule has 1 aliphatic heterocycles. The molecule has 2 rings (SSSR count). The fourth-order valence-electron chi connectivity index (χ4n) is 2.92. The van der Waals surface area contributed by atoms with E-state index in [1.807, 2.05) is 10.9 Å². The van der Waals surface area contributed by atoms with Crippen molar-refractivity contribution in [2.45, 2.75) is 59.3 Å². The normalized spacial score (nSPS) is 24.0. The molecular weight excluding hydrogens is 236 g/mol. The summed E-state index contributed by atoms with van der Waals surface area (Å²) in [7, 11) is 0. The Labute approximate surface area is 117 Å². The Morgan fingerprint density at radius 1 is 1.47 bits per heavy atom. The molecular formula is C15H28N4. The molecule has 108 valence electrons. The zero-order valence-electron chi connectivity index (χ0n) is 13.0. The van der Waals surface area contributed by atoms with Crippen LogP contribution in [0.15, 0.2) is 12.4 Å². The second kappa shape index (κ2) is 5.63. The lowest BCUT2D eigenvalue weighted by Gasteiger charge is -2.46. The van der Waals surface area contributed by atoms with Crippen LogP contribution in [-0.2, 0) is 13.1 Å². The summed E-state index contributed by atoms with van der Waals surface area (Å²) in [6.45, 7) is 15.4. The molecule has 1 unspecified atom stereocenters. The van der Waals surface area contributed by atoms with Gasteiger partial charge in [-0.2, -0.15) is 5.10 Å². The minimum absolute atomic E-state index is 0.201. The third-order valence-electron chi connectivity index (χ3n) is 4.02. The van der Waals surface area contributed by atoms with Crippen molar-refractivity contribution in [2.24, 2.45) is 5.92 Å². The van der Waals surface area contributed by atoms with Gasteiger partial charge in [0.25, 0.3) is 0 Å². The van der Waals surface area contributed by atoms with E-state index < -0.39 is 0 Å². The summed E-state index contributed by atoms with van der Waals surface area (Å²) in [4.78, 5) is 2.61. The van der Waals surface area contributed by atoms with Crippen LogP contribution < -0.4 is 5.32 Å². The van der Waals surface area contributed by atoms with Crippen LogP contribution in [0, 0.1) is 5.92 Å². The predicted octanol–water partition coefficient (Wildman–Crippen LogP) is 2.11. The molecule has 2 heterocycles. The van der Waals surface area contributed by atoms with E-state index in [0.717, 1.165) is 26.2 Å². The van der Waals surface area contributed by atoms with Gasteiger partial charge in [-0.15, -0.1) is 0 Å². The summed E-state index contributed by atoms with van der Waals surface area (Å²) >= 11 is 0. The fourth-order valence-corrected chi connectivity index (χ4v) is 2.92. The number of piperazine rings is 1. The average molecular weight is 264 g/mol. The number of rotatable bonds is 4. The number of nitrogens with one attached hydrogen (secondary N) is 1. The molecule has 0 aliphatic carbocycles. The monoisotopic (exact) mass is 264 g/mol. The molecule has 0 radical (unpaired) electrons. The number of hydrogen-bond acceptors (Lipinski definition) is 3. The summed E-state index contributed by atoms with van der Waals surface area (Å²) in [6.07, 6.45) is 4.18. The van der Waals surface area contributed by atoms with Gasteiger partial charge in [0, 0.05) is 49.5 Å². The smallest absolute Gasteiger partial charge is 0.0534 e. The Kier molecular flexibility index (Phi) is 4.31. The van der Waals surface area contributed by atoms with Crippen LogP contribution in [-0.4, -0.2) is 39.4 Å². The minimum Gasteiger partial charge on any atom is -0.309 e. The van der Waals surface area contributed by atoms with Crippen molar-refractivity contribution in [1.82, 2.24) is 20.0 Å². The van der Waals surface area contributed by atoms with E-state index in [1.165, 1.54) is 5.56 Å². The fraction of sp³-hybridized carbons (Fsp3) is 0.800. The Hall–Kier alpha value is -0.870. The van der Waals surface area contributed by atoms with Crippen LogP contribution in [0.3, 0.4) is 0 Å². The summed E-state index contributed by atoms with van der Waals surface area (Å²) in [5.74, 6) is 0.671. The van der Waals surface area contributed by atoms with Crippen molar-refractivity contribution in [3.8, 4) is 0 Å². The maximum Gasteiger partial charge on any atom is 0.0534 e. The molecule has 0 amide bonds. The highest BCUT2D eigenvalue weighted by Crippen LogP contribution is 2.22. The minimum atomic E-state index is 0.201. The summed E-state index contributed by atoms with van der Waals surface area (Å²) < 4.78 is 2.01. The number of aromatic nitrogens is 2. The molecule has 1 aliphatic rings. The van der Waals surface area contributed by atoms with Crippen molar-refractivity contribution in [3.05, 3.63) is 18.0 Å². The Bertz CT molecular complexity index is 408. The zero-order valence-corrected chi connectivity index (χ0v) is 13.0. The van der Waals surface area contributed by atoms with Crippen LogP contribution in [0.4, 0.5) is 0 Å². The predicted molar refractivity (Wildman–Crippen MR) is 79.0 cm³/mol. The van der Waals surface area contributed by atoms with E-state index in [0.29, 0.717) is 12.0 Å². The Morgan fingerprint density at radius 2 is 2.21 bits per heavy atom. The van der Waals surface area contributed by atoms with Gasteiger partial charge in [0.15, 0.2) is 0 Å². The molecule has 0 saturated carbocycles. The molecule has 1 aromatic heterocycles. The third kappa shape index (κ3) is 3.57. The van der Waals surface area contributed by atoms with Crippen LogP contribution in [0.1, 0.15) is 40.2 Å². The summed E-state index contributed by atoms with van der Waals surface area (Å²) in [5, 5.41) is 8.04. The summed E-state index contributed by atoms with van der Waals surface area (Å²) in [6, 6.07) is 0.609. The van der Waals surface area contributed by atoms with Crippen molar-refractivity contribution in [2.75, 3.05) is 13.1 Å². The Morgan fingerprint density at radius 3 is 2.79 bits per heavy atom. The second-order valence-electron chi connectivity index (χ2n) is 6.69. The van der Waals surface area contributed by atoms with Crippen LogP contribution >= 0.6 is 0 Å². The van der Waals surface area contributed by atoms with E-state index in [-0.39, 0.29) is 5.54 Å². The molecule has 0 aromatic carbocycles.